The molecule has 0 atom stereocenters. The van der Waals surface area contributed by atoms with Crippen LogP contribution in [0.5, 0.6) is 11.5 Å². The maximum Gasteiger partial charge on any atom is 0.331 e. The van der Waals surface area contributed by atoms with E-state index in [-0.39, 0.29) is 0 Å². The zero-order valence-electron chi connectivity index (χ0n) is 14.7. The van der Waals surface area contributed by atoms with Crippen molar-refractivity contribution in [1.82, 2.24) is 0 Å². The Balaban J connectivity index is 1.51. The lowest BCUT2D eigenvalue weighted by molar-refractivity contribution is -0.142. The quantitative estimate of drug-likeness (QED) is 0.626. The molecule has 1 aliphatic rings. The third-order valence-corrected chi connectivity index (χ3v) is 4.03. The van der Waals surface area contributed by atoms with Gasteiger partial charge in [0.15, 0.2) is 18.1 Å². The highest BCUT2D eigenvalue weighted by Gasteiger charge is 2.11. The monoisotopic (exact) mass is 387 g/mol. The van der Waals surface area contributed by atoms with Crippen molar-refractivity contribution in [2.45, 2.75) is 6.92 Å². The molecule has 1 heterocycles. The minimum absolute atomic E-state index is 0.393. The van der Waals surface area contributed by atoms with Crippen molar-refractivity contribution < 1.29 is 23.8 Å². The second kappa shape index (κ2) is 8.60. The number of hydrogen-bond acceptors (Lipinski definition) is 5. The van der Waals surface area contributed by atoms with Gasteiger partial charge in [-0.2, -0.15) is 0 Å². The third-order valence-electron chi connectivity index (χ3n) is 3.80. The summed E-state index contributed by atoms with van der Waals surface area (Å²) in [5.74, 6) is 0.242. The number of carbonyl (C=O) groups excluding carboxylic acids is 2. The van der Waals surface area contributed by atoms with Gasteiger partial charge in [-0.3, -0.25) is 4.79 Å². The summed E-state index contributed by atoms with van der Waals surface area (Å²) in [6.07, 6.45) is 2.84. The molecule has 140 valence electrons. The Bertz CT molecular complexity index is 894. The summed E-state index contributed by atoms with van der Waals surface area (Å²) < 4.78 is 15.9. The number of anilines is 1. The highest BCUT2D eigenvalue weighted by atomic mass is 35.5. The lowest BCUT2D eigenvalue weighted by atomic mass is 10.2. The molecule has 0 saturated heterocycles. The average Bonchev–Trinajstić information content (AvgIpc) is 2.67. The minimum Gasteiger partial charge on any atom is -0.486 e. The van der Waals surface area contributed by atoms with Crippen LogP contribution >= 0.6 is 11.6 Å². The number of aryl methyl sites for hydroxylation is 1. The van der Waals surface area contributed by atoms with Crippen molar-refractivity contribution >= 4 is 35.2 Å². The van der Waals surface area contributed by atoms with Gasteiger partial charge in [-0.15, -0.1) is 0 Å². The van der Waals surface area contributed by atoms with Crippen molar-refractivity contribution in [3.8, 4) is 11.5 Å². The van der Waals surface area contributed by atoms with E-state index in [0.29, 0.717) is 35.4 Å². The van der Waals surface area contributed by atoms with E-state index >= 15 is 0 Å². The van der Waals surface area contributed by atoms with E-state index in [1.54, 1.807) is 42.5 Å². The molecule has 0 radical (unpaired) electrons. The van der Waals surface area contributed by atoms with Crippen LogP contribution in [-0.2, 0) is 14.3 Å². The molecule has 0 aromatic heterocycles. The van der Waals surface area contributed by atoms with E-state index in [1.807, 2.05) is 6.92 Å². The Labute approximate surface area is 161 Å². The van der Waals surface area contributed by atoms with Crippen molar-refractivity contribution in [2.75, 3.05) is 25.1 Å². The molecule has 0 bridgehead atoms. The van der Waals surface area contributed by atoms with Gasteiger partial charge in [0.05, 0.1) is 0 Å². The minimum atomic E-state index is -0.622. The third kappa shape index (κ3) is 5.24. The van der Waals surface area contributed by atoms with E-state index in [9.17, 15) is 9.59 Å². The summed E-state index contributed by atoms with van der Waals surface area (Å²) in [6.45, 7) is 2.46. The van der Waals surface area contributed by atoms with Crippen LogP contribution in [0, 0.1) is 6.92 Å². The predicted octanol–water partition coefficient (Wildman–Crippen LogP) is 3.61. The number of benzene rings is 2. The zero-order chi connectivity index (χ0) is 19.2. The summed E-state index contributed by atoms with van der Waals surface area (Å²) in [7, 11) is 0. The molecule has 6 nitrogen and oxygen atoms in total. The first-order chi connectivity index (χ1) is 13.0. The van der Waals surface area contributed by atoms with E-state index in [4.69, 9.17) is 25.8 Å². The number of esters is 1. The summed E-state index contributed by atoms with van der Waals surface area (Å²) in [4.78, 5) is 23.7. The first-order valence-electron chi connectivity index (χ1n) is 8.32. The second-order valence-corrected chi connectivity index (χ2v) is 6.29. The van der Waals surface area contributed by atoms with Crippen LogP contribution in [0.25, 0.3) is 6.08 Å². The summed E-state index contributed by atoms with van der Waals surface area (Å²) in [5.41, 5.74) is 2.20. The van der Waals surface area contributed by atoms with E-state index in [1.165, 1.54) is 6.08 Å². The van der Waals surface area contributed by atoms with E-state index in [2.05, 4.69) is 5.32 Å². The number of nitrogens with one attached hydrogen (secondary N) is 1. The summed E-state index contributed by atoms with van der Waals surface area (Å²) >= 11 is 5.91. The van der Waals surface area contributed by atoms with E-state index < -0.39 is 18.5 Å². The fourth-order valence-corrected chi connectivity index (χ4v) is 2.60. The Kier molecular flexibility index (Phi) is 5.98. The molecule has 27 heavy (non-hydrogen) atoms. The van der Waals surface area contributed by atoms with Crippen LogP contribution in [-0.4, -0.2) is 31.7 Å². The first kappa shape index (κ1) is 18.8. The molecular formula is C20H18ClNO5. The Morgan fingerprint density at radius 3 is 2.74 bits per heavy atom. The van der Waals surface area contributed by atoms with Gasteiger partial charge in [-0.05, 0) is 48.4 Å². The fourth-order valence-electron chi connectivity index (χ4n) is 2.43. The van der Waals surface area contributed by atoms with Crippen LogP contribution in [0.3, 0.4) is 0 Å². The van der Waals surface area contributed by atoms with Crippen molar-refractivity contribution in [2.24, 2.45) is 0 Å². The maximum atomic E-state index is 11.9. The summed E-state index contributed by atoms with van der Waals surface area (Å²) in [5, 5.41) is 3.17. The molecule has 0 unspecified atom stereocenters. The van der Waals surface area contributed by atoms with Gasteiger partial charge in [0.1, 0.15) is 13.2 Å². The Morgan fingerprint density at radius 2 is 1.93 bits per heavy atom. The number of hydrogen-bond donors (Lipinski definition) is 1. The lowest BCUT2D eigenvalue weighted by Gasteiger charge is -2.18. The molecule has 0 fully saturated rings. The molecule has 1 amide bonds. The number of ether oxygens (including phenoxy) is 3. The van der Waals surface area contributed by atoms with Gasteiger partial charge >= 0.3 is 5.97 Å². The molecule has 0 aliphatic carbocycles. The molecule has 1 N–H and O–H groups in total. The molecule has 2 aromatic rings. The van der Waals surface area contributed by atoms with Crippen LogP contribution in [0.1, 0.15) is 11.1 Å². The van der Waals surface area contributed by atoms with Gasteiger partial charge in [0, 0.05) is 16.8 Å². The molecule has 7 heteroatoms. The molecule has 0 saturated carbocycles. The Morgan fingerprint density at radius 1 is 1.15 bits per heavy atom. The van der Waals surface area contributed by atoms with Gasteiger partial charge < -0.3 is 19.5 Å². The van der Waals surface area contributed by atoms with Crippen LogP contribution in [0.2, 0.25) is 5.02 Å². The predicted molar refractivity (Wildman–Crippen MR) is 102 cm³/mol. The first-order valence-corrected chi connectivity index (χ1v) is 8.69. The van der Waals surface area contributed by atoms with Crippen LogP contribution in [0.4, 0.5) is 5.69 Å². The number of amides is 1. The molecule has 3 rings (SSSR count). The Hall–Kier alpha value is -2.99. The molecule has 2 aromatic carbocycles. The van der Waals surface area contributed by atoms with Crippen LogP contribution in [0.15, 0.2) is 42.5 Å². The van der Waals surface area contributed by atoms with Crippen molar-refractivity contribution in [1.29, 1.82) is 0 Å². The smallest absolute Gasteiger partial charge is 0.331 e. The fraction of sp³-hybridized carbons (Fsp3) is 0.200. The largest absolute Gasteiger partial charge is 0.486 e. The van der Waals surface area contributed by atoms with Gasteiger partial charge in [0.2, 0.25) is 0 Å². The SMILES string of the molecule is Cc1ccc(Cl)cc1NC(=O)COC(=O)/C=C/c1ccc2c(c1)OCCO2. The van der Waals surface area contributed by atoms with Crippen molar-refractivity contribution in [3.05, 3.63) is 58.6 Å². The van der Waals surface area contributed by atoms with Gasteiger partial charge in [0.25, 0.3) is 5.91 Å². The highest BCUT2D eigenvalue weighted by Crippen LogP contribution is 2.31. The number of fused-ring (bicyclic) bond motifs is 1. The normalized spacial score (nSPS) is 12.7. The number of halogens is 1. The van der Waals surface area contributed by atoms with Gasteiger partial charge in [-0.1, -0.05) is 23.7 Å². The standard InChI is InChI=1S/C20H18ClNO5/c1-13-2-5-15(21)11-16(13)22-19(23)12-27-20(24)7-4-14-3-6-17-18(10-14)26-9-8-25-17/h2-7,10-11H,8-9,12H2,1H3,(H,22,23)/b7-4+. The number of rotatable bonds is 5. The lowest BCUT2D eigenvalue weighted by Crippen LogP contribution is -2.20. The topological polar surface area (TPSA) is 73.9 Å². The van der Waals surface area contributed by atoms with E-state index in [0.717, 1.165) is 11.1 Å². The summed E-state index contributed by atoms with van der Waals surface area (Å²) in [6, 6.07) is 10.5. The van der Waals surface area contributed by atoms with Crippen molar-refractivity contribution in [3.63, 3.8) is 0 Å². The zero-order valence-corrected chi connectivity index (χ0v) is 15.4. The maximum absolute atomic E-state index is 11.9. The number of carbonyl (C=O) groups is 2. The van der Waals surface area contributed by atoms with Gasteiger partial charge in [-0.25, -0.2) is 4.79 Å². The highest BCUT2D eigenvalue weighted by molar-refractivity contribution is 6.31. The average molecular weight is 388 g/mol. The second-order valence-electron chi connectivity index (χ2n) is 5.85. The van der Waals surface area contributed by atoms with Crippen LogP contribution < -0.4 is 14.8 Å². The molecular weight excluding hydrogens is 370 g/mol. The molecule has 1 aliphatic heterocycles. The molecule has 0 spiro atoms.